The van der Waals surface area contributed by atoms with Crippen molar-refractivity contribution >= 4 is 16.1 Å². The van der Waals surface area contributed by atoms with E-state index in [1.807, 2.05) is 0 Å². The van der Waals surface area contributed by atoms with Gasteiger partial charge >= 0.3 is 0 Å². The summed E-state index contributed by atoms with van der Waals surface area (Å²) < 4.78 is 22.8. The molecule has 72 valence electrons. The summed E-state index contributed by atoms with van der Waals surface area (Å²) in [7, 11) is -3.00. The molecule has 0 atom stereocenters. The Labute approximate surface area is 75.5 Å². The second-order valence-electron chi connectivity index (χ2n) is 2.65. The Kier molecular flexibility index (Phi) is 2.76. The molecule has 13 heavy (non-hydrogen) atoms. The zero-order chi connectivity index (χ0) is 9.90. The quantitative estimate of drug-likeness (QED) is 0.594. The molecule has 0 spiro atoms. The standard InChI is InChI=1S/C6H9N3O3S/c1-13(11,12)3-2-9-4-6(5-10)7-8-9/h4-5H,2-3H2,1H3. The molecule has 1 heterocycles. The second-order valence-corrected chi connectivity index (χ2v) is 4.91. The van der Waals surface area contributed by atoms with E-state index in [1.165, 1.54) is 10.9 Å². The fraction of sp³-hybridized carbons (Fsp3) is 0.500. The molecule has 1 aromatic heterocycles. The zero-order valence-corrected chi connectivity index (χ0v) is 7.86. The number of hydrogen-bond donors (Lipinski definition) is 0. The Balaban J connectivity index is 2.60. The molecule has 0 fully saturated rings. The zero-order valence-electron chi connectivity index (χ0n) is 7.04. The van der Waals surface area contributed by atoms with Crippen LogP contribution in [0.3, 0.4) is 0 Å². The lowest BCUT2D eigenvalue weighted by Gasteiger charge is -1.96. The van der Waals surface area contributed by atoms with E-state index >= 15 is 0 Å². The van der Waals surface area contributed by atoms with Crippen LogP contribution in [0, 0.1) is 0 Å². The smallest absolute Gasteiger partial charge is 0.171 e. The van der Waals surface area contributed by atoms with Gasteiger partial charge in [-0.2, -0.15) is 0 Å². The predicted octanol–water partition coefficient (Wildman–Crippen LogP) is -0.865. The third-order valence-electron chi connectivity index (χ3n) is 1.37. The van der Waals surface area contributed by atoms with E-state index < -0.39 is 9.84 Å². The fourth-order valence-electron chi connectivity index (χ4n) is 0.736. The van der Waals surface area contributed by atoms with Crippen molar-refractivity contribution in [1.29, 1.82) is 0 Å². The molecular weight excluding hydrogens is 194 g/mol. The molecule has 0 radical (unpaired) electrons. The number of nitrogens with zero attached hydrogens (tertiary/aromatic N) is 3. The highest BCUT2D eigenvalue weighted by Crippen LogP contribution is 1.91. The van der Waals surface area contributed by atoms with Crippen LogP contribution in [0.15, 0.2) is 6.20 Å². The van der Waals surface area contributed by atoms with Gasteiger partial charge in [-0.3, -0.25) is 9.48 Å². The van der Waals surface area contributed by atoms with E-state index in [0.29, 0.717) is 6.29 Å². The van der Waals surface area contributed by atoms with Crippen molar-refractivity contribution in [1.82, 2.24) is 15.0 Å². The van der Waals surface area contributed by atoms with Gasteiger partial charge in [0.15, 0.2) is 6.29 Å². The largest absolute Gasteiger partial charge is 0.296 e. The second kappa shape index (κ2) is 3.65. The summed E-state index contributed by atoms with van der Waals surface area (Å²) in [6.45, 7) is 0.222. The molecule has 1 rings (SSSR count). The van der Waals surface area contributed by atoms with Crippen LogP contribution in [0.2, 0.25) is 0 Å². The fourth-order valence-corrected chi connectivity index (χ4v) is 1.25. The maximum atomic E-state index is 10.7. The van der Waals surface area contributed by atoms with E-state index in [-0.39, 0.29) is 18.0 Å². The predicted molar refractivity (Wildman–Crippen MR) is 45.1 cm³/mol. The highest BCUT2D eigenvalue weighted by molar-refractivity contribution is 7.90. The van der Waals surface area contributed by atoms with Crippen LogP contribution >= 0.6 is 0 Å². The van der Waals surface area contributed by atoms with Crippen molar-refractivity contribution in [3.8, 4) is 0 Å². The Morgan fingerprint density at radius 3 is 2.77 bits per heavy atom. The van der Waals surface area contributed by atoms with Gasteiger partial charge in [-0.15, -0.1) is 5.10 Å². The molecule has 0 unspecified atom stereocenters. The van der Waals surface area contributed by atoms with Gasteiger partial charge in [0.25, 0.3) is 0 Å². The van der Waals surface area contributed by atoms with Gasteiger partial charge in [-0.05, 0) is 0 Å². The summed E-state index contributed by atoms with van der Waals surface area (Å²) in [5.41, 5.74) is 0.202. The van der Waals surface area contributed by atoms with E-state index in [1.54, 1.807) is 0 Å². The van der Waals surface area contributed by atoms with Crippen molar-refractivity contribution in [2.24, 2.45) is 0 Å². The van der Waals surface area contributed by atoms with Crippen LogP contribution in [0.25, 0.3) is 0 Å². The highest BCUT2D eigenvalue weighted by atomic mass is 32.2. The minimum absolute atomic E-state index is 0.00530. The van der Waals surface area contributed by atoms with Crippen molar-refractivity contribution in [3.63, 3.8) is 0 Å². The number of hydrogen-bond acceptors (Lipinski definition) is 5. The monoisotopic (exact) mass is 203 g/mol. The molecule has 0 bridgehead atoms. The molecular formula is C6H9N3O3S. The lowest BCUT2D eigenvalue weighted by atomic mass is 10.5. The third kappa shape index (κ3) is 3.32. The van der Waals surface area contributed by atoms with Gasteiger partial charge in [0.1, 0.15) is 15.5 Å². The molecule has 0 saturated heterocycles. The molecule has 0 aliphatic carbocycles. The van der Waals surface area contributed by atoms with Crippen LogP contribution in [0.4, 0.5) is 0 Å². The number of carbonyl (C=O) groups excluding carboxylic acids is 1. The molecule has 0 aliphatic rings. The van der Waals surface area contributed by atoms with E-state index in [2.05, 4.69) is 10.3 Å². The number of aldehydes is 1. The Morgan fingerprint density at radius 1 is 1.62 bits per heavy atom. The summed E-state index contributed by atoms with van der Waals surface area (Å²) >= 11 is 0. The van der Waals surface area contributed by atoms with Gasteiger partial charge in [-0.25, -0.2) is 8.42 Å². The van der Waals surface area contributed by atoms with Gasteiger partial charge in [0.05, 0.1) is 18.5 Å². The first-order chi connectivity index (χ1) is 6.01. The van der Waals surface area contributed by atoms with Crippen LogP contribution in [-0.4, -0.2) is 41.7 Å². The maximum Gasteiger partial charge on any atom is 0.171 e. The van der Waals surface area contributed by atoms with Gasteiger partial charge in [0.2, 0.25) is 0 Å². The van der Waals surface area contributed by atoms with Crippen molar-refractivity contribution in [2.75, 3.05) is 12.0 Å². The SMILES string of the molecule is CS(=O)(=O)CCn1cc(C=O)nn1. The summed E-state index contributed by atoms with van der Waals surface area (Å²) in [4.78, 5) is 10.2. The first-order valence-electron chi connectivity index (χ1n) is 3.54. The Morgan fingerprint density at radius 2 is 2.31 bits per heavy atom. The summed E-state index contributed by atoms with van der Waals surface area (Å²) in [5, 5.41) is 7.05. The third-order valence-corrected chi connectivity index (χ3v) is 2.29. The lowest BCUT2D eigenvalue weighted by Crippen LogP contribution is -2.11. The average Bonchev–Trinajstić information content (AvgIpc) is 2.47. The van der Waals surface area contributed by atoms with Crippen molar-refractivity contribution in [3.05, 3.63) is 11.9 Å². The molecule has 0 saturated carbocycles. The summed E-state index contributed by atoms with van der Waals surface area (Å²) in [6.07, 6.45) is 3.10. The molecule has 1 aromatic rings. The molecule has 0 aromatic carbocycles. The molecule has 6 nitrogen and oxygen atoms in total. The summed E-state index contributed by atoms with van der Waals surface area (Å²) in [6, 6.07) is 0. The average molecular weight is 203 g/mol. The molecule has 7 heteroatoms. The first kappa shape index (κ1) is 9.85. The van der Waals surface area contributed by atoms with E-state index in [0.717, 1.165) is 6.26 Å². The van der Waals surface area contributed by atoms with Gasteiger partial charge in [0, 0.05) is 6.26 Å². The maximum absolute atomic E-state index is 10.7. The topological polar surface area (TPSA) is 81.9 Å². The number of rotatable bonds is 4. The number of carbonyl (C=O) groups is 1. The lowest BCUT2D eigenvalue weighted by molar-refractivity contribution is 0.111. The Hall–Kier alpha value is -1.24. The minimum atomic E-state index is -3.00. The number of aromatic nitrogens is 3. The molecule has 0 aliphatic heterocycles. The van der Waals surface area contributed by atoms with Crippen LogP contribution in [0.1, 0.15) is 10.5 Å². The first-order valence-corrected chi connectivity index (χ1v) is 5.60. The molecule has 0 amide bonds. The van der Waals surface area contributed by atoms with E-state index in [4.69, 9.17) is 0 Å². The Bertz CT molecular complexity index is 395. The number of sulfone groups is 1. The van der Waals surface area contributed by atoms with Crippen LogP contribution in [0.5, 0.6) is 0 Å². The van der Waals surface area contributed by atoms with Gasteiger partial charge in [-0.1, -0.05) is 5.21 Å². The minimum Gasteiger partial charge on any atom is -0.296 e. The van der Waals surface area contributed by atoms with E-state index in [9.17, 15) is 13.2 Å². The van der Waals surface area contributed by atoms with Crippen LogP contribution < -0.4 is 0 Å². The normalized spacial score (nSPS) is 11.5. The van der Waals surface area contributed by atoms with Gasteiger partial charge < -0.3 is 0 Å². The van der Waals surface area contributed by atoms with Crippen molar-refractivity contribution < 1.29 is 13.2 Å². The highest BCUT2D eigenvalue weighted by Gasteiger charge is 2.04. The summed E-state index contributed by atoms with van der Waals surface area (Å²) in [5.74, 6) is -0.00530. The van der Waals surface area contributed by atoms with Crippen LogP contribution in [-0.2, 0) is 16.4 Å². The number of aryl methyl sites for hydroxylation is 1. The van der Waals surface area contributed by atoms with Crippen molar-refractivity contribution in [2.45, 2.75) is 6.54 Å². The molecule has 0 N–H and O–H groups in total.